The lowest BCUT2D eigenvalue weighted by atomic mass is 10.2. The fraction of sp³-hybridized carbons (Fsp3) is 0.500. The molecular weight excluding hydrogens is 297 g/mol. The van der Waals surface area contributed by atoms with E-state index < -0.39 is 0 Å². The van der Waals surface area contributed by atoms with E-state index in [0.717, 1.165) is 13.1 Å². The number of halogens is 2. The molecule has 0 radical (unpaired) electrons. The molecule has 1 saturated heterocycles. The quantitative estimate of drug-likeness (QED) is 0.878. The van der Waals surface area contributed by atoms with Crippen LogP contribution in [0.4, 0.5) is 5.69 Å². The second kappa shape index (κ2) is 7.27. The summed E-state index contributed by atoms with van der Waals surface area (Å²) >= 11 is 12.0. The highest BCUT2D eigenvalue weighted by molar-refractivity contribution is 6.39. The lowest BCUT2D eigenvalue weighted by molar-refractivity contribution is -0.115. The summed E-state index contributed by atoms with van der Waals surface area (Å²) in [4.78, 5) is 14.2. The Bertz CT molecular complexity index is 461. The Morgan fingerprint density at radius 2 is 2.10 bits per heavy atom. The van der Waals surface area contributed by atoms with Crippen LogP contribution in [0.5, 0.6) is 0 Å². The summed E-state index contributed by atoms with van der Waals surface area (Å²) in [6, 6.07) is 5.66. The van der Waals surface area contributed by atoms with E-state index in [4.69, 9.17) is 23.2 Å². The average Bonchev–Trinajstić information content (AvgIpc) is 2.80. The topological polar surface area (TPSA) is 44.4 Å². The highest BCUT2D eigenvalue weighted by atomic mass is 35.5. The van der Waals surface area contributed by atoms with E-state index in [2.05, 4.69) is 22.6 Å². The van der Waals surface area contributed by atoms with Gasteiger partial charge in [-0.2, -0.15) is 0 Å². The van der Waals surface area contributed by atoms with Gasteiger partial charge in [-0.3, -0.25) is 4.79 Å². The first-order valence-corrected chi connectivity index (χ1v) is 7.48. The number of anilines is 1. The number of hydrogen-bond acceptors (Lipinski definition) is 3. The standard InChI is InChI=1S/C14H19Cl2N3O/c1-19-7-3-4-10(19)8-17-9-13(20)18-14-11(15)5-2-6-12(14)16/h2,5-6,10,17H,3-4,7-9H2,1H3,(H,18,20). The van der Waals surface area contributed by atoms with Crippen LogP contribution in [0.25, 0.3) is 0 Å². The summed E-state index contributed by atoms with van der Waals surface area (Å²) < 4.78 is 0. The molecule has 6 heteroatoms. The maximum absolute atomic E-state index is 11.9. The molecule has 2 rings (SSSR count). The number of nitrogens with zero attached hydrogens (tertiary/aromatic N) is 1. The van der Waals surface area contributed by atoms with Crippen molar-refractivity contribution < 1.29 is 4.79 Å². The molecule has 1 unspecified atom stereocenters. The van der Waals surface area contributed by atoms with Crippen molar-refractivity contribution in [3.05, 3.63) is 28.2 Å². The van der Waals surface area contributed by atoms with Crippen LogP contribution in [-0.4, -0.2) is 43.5 Å². The van der Waals surface area contributed by atoms with Crippen molar-refractivity contribution in [2.75, 3.05) is 32.0 Å². The minimum Gasteiger partial charge on any atom is -0.322 e. The summed E-state index contributed by atoms with van der Waals surface area (Å²) in [7, 11) is 2.11. The number of carbonyl (C=O) groups excluding carboxylic acids is 1. The van der Waals surface area contributed by atoms with Crippen molar-refractivity contribution in [1.82, 2.24) is 10.2 Å². The van der Waals surface area contributed by atoms with Gasteiger partial charge in [0.05, 0.1) is 22.3 Å². The summed E-state index contributed by atoms with van der Waals surface area (Å²) in [6.45, 7) is 2.21. The highest BCUT2D eigenvalue weighted by Gasteiger charge is 2.20. The Hall–Kier alpha value is -0.810. The predicted octanol–water partition coefficient (Wildman–Crippen LogP) is 2.62. The van der Waals surface area contributed by atoms with Crippen LogP contribution in [0.3, 0.4) is 0 Å². The molecule has 0 bridgehead atoms. The van der Waals surface area contributed by atoms with Gasteiger partial charge in [-0.05, 0) is 38.6 Å². The molecule has 0 spiro atoms. The van der Waals surface area contributed by atoms with E-state index in [1.807, 2.05) is 0 Å². The van der Waals surface area contributed by atoms with Crippen LogP contribution >= 0.6 is 23.2 Å². The Morgan fingerprint density at radius 3 is 2.70 bits per heavy atom. The van der Waals surface area contributed by atoms with Gasteiger partial charge in [-0.25, -0.2) is 0 Å². The molecule has 4 nitrogen and oxygen atoms in total. The Labute approximate surface area is 129 Å². The number of nitrogens with one attached hydrogen (secondary N) is 2. The molecule has 1 aliphatic heterocycles. The maximum atomic E-state index is 11.9. The van der Waals surface area contributed by atoms with Crippen molar-refractivity contribution in [2.24, 2.45) is 0 Å². The third-order valence-corrected chi connectivity index (χ3v) is 4.19. The van der Waals surface area contributed by atoms with Gasteiger partial charge in [-0.1, -0.05) is 29.3 Å². The first-order chi connectivity index (χ1) is 9.58. The average molecular weight is 316 g/mol. The van der Waals surface area contributed by atoms with Crippen molar-refractivity contribution in [2.45, 2.75) is 18.9 Å². The molecule has 1 aromatic rings. The zero-order valence-electron chi connectivity index (χ0n) is 11.5. The maximum Gasteiger partial charge on any atom is 0.238 e. The highest BCUT2D eigenvalue weighted by Crippen LogP contribution is 2.29. The van der Waals surface area contributed by atoms with Gasteiger partial charge in [0.1, 0.15) is 0 Å². The lowest BCUT2D eigenvalue weighted by Crippen LogP contribution is -2.38. The van der Waals surface area contributed by atoms with E-state index in [0.29, 0.717) is 21.8 Å². The number of carbonyl (C=O) groups is 1. The minimum atomic E-state index is -0.138. The summed E-state index contributed by atoms with van der Waals surface area (Å²) in [6.07, 6.45) is 2.41. The van der Waals surface area contributed by atoms with E-state index in [1.54, 1.807) is 18.2 Å². The summed E-state index contributed by atoms with van der Waals surface area (Å²) in [5.74, 6) is -0.138. The van der Waals surface area contributed by atoms with Crippen LogP contribution < -0.4 is 10.6 Å². The van der Waals surface area contributed by atoms with E-state index >= 15 is 0 Å². The first-order valence-electron chi connectivity index (χ1n) is 6.72. The molecule has 2 N–H and O–H groups in total. The van der Waals surface area contributed by atoms with Crippen LogP contribution in [0.1, 0.15) is 12.8 Å². The van der Waals surface area contributed by atoms with Crippen molar-refractivity contribution in [1.29, 1.82) is 0 Å². The van der Waals surface area contributed by atoms with Gasteiger partial charge in [0, 0.05) is 12.6 Å². The number of para-hydroxylation sites is 1. The Balaban J connectivity index is 1.78. The summed E-state index contributed by atoms with van der Waals surface area (Å²) in [5.41, 5.74) is 0.473. The molecule has 1 atom stereocenters. The molecule has 0 aliphatic carbocycles. The van der Waals surface area contributed by atoms with E-state index in [1.165, 1.54) is 12.8 Å². The Kier molecular flexibility index (Phi) is 5.66. The monoisotopic (exact) mass is 315 g/mol. The lowest BCUT2D eigenvalue weighted by Gasteiger charge is -2.19. The molecule has 20 heavy (non-hydrogen) atoms. The molecule has 1 amide bonds. The largest absolute Gasteiger partial charge is 0.322 e. The molecular formula is C14H19Cl2N3O. The number of likely N-dealkylation sites (N-methyl/N-ethyl adjacent to an activating group) is 1. The molecule has 1 fully saturated rings. The second-order valence-electron chi connectivity index (χ2n) is 5.05. The zero-order chi connectivity index (χ0) is 14.5. The third-order valence-electron chi connectivity index (χ3n) is 3.56. The van der Waals surface area contributed by atoms with Gasteiger partial charge in [0.15, 0.2) is 0 Å². The smallest absolute Gasteiger partial charge is 0.238 e. The molecule has 1 aliphatic rings. The van der Waals surface area contributed by atoms with Gasteiger partial charge < -0.3 is 15.5 Å². The third kappa shape index (κ3) is 4.09. The van der Waals surface area contributed by atoms with Crippen molar-refractivity contribution in [3.8, 4) is 0 Å². The molecule has 1 heterocycles. The molecule has 0 saturated carbocycles. The fourth-order valence-electron chi connectivity index (χ4n) is 2.39. The number of hydrogen-bond donors (Lipinski definition) is 2. The van der Waals surface area contributed by atoms with Crippen molar-refractivity contribution >= 4 is 34.8 Å². The van der Waals surface area contributed by atoms with Crippen LogP contribution in [0, 0.1) is 0 Å². The first kappa shape index (κ1) is 15.6. The summed E-state index contributed by atoms with van der Waals surface area (Å²) in [5, 5.41) is 6.80. The van der Waals surface area contributed by atoms with Crippen molar-refractivity contribution in [3.63, 3.8) is 0 Å². The van der Waals surface area contributed by atoms with Crippen LogP contribution in [0.15, 0.2) is 18.2 Å². The fourth-order valence-corrected chi connectivity index (χ4v) is 2.88. The van der Waals surface area contributed by atoms with Crippen LogP contribution in [-0.2, 0) is 4.79 Å². The van der Waals surface area contributed by atoms with E-state index in [9.17, 15) is 4.79 Å². The van der Waals surface area contributed by atoms with Gasteiger partial charge in [0.2, 0.25) is 5.91 Å². The zero-order valence-corrected chi connectivity index (χ0v) is 13.0. The molecule has 0 aromatic heterocycles. The second-order valence-corrected chi connectivity index (χ2v) is 5.87. The van der Waals surface area contributed by atoms with Crippen LogP contribution in [0.2, 0.25) is 10.0 Å². The van der Waals surface area contributed by atoms with Gasteiger partial charge in [-0.15, -0.1) is 0 Å². The molecule has 110 valence electrons. The SMILES string of the molecule is CN1CCCC1CNCC(=O)Nc1c(Cl)cccc1Cl. The number of rotatable bonds is 5. The number of benzene rings is 1. The van der Waals surface area contributed by atoms with E-state index in [-0.39, 0.29) is 12.5 Å². The predicted molar refractivity (Wildman–Crippen MR) is 83.6 cm³/mol. The number of amides is 1. The Morgan fingerprint density at radius 1 is 1.40 bits per heavy atom. The molecule has 1 aromatic carbocycles. The normalized spacial score (nSPS) is 19.2. The van der Waals surface area contributed by atoms with Gasteiger partial charge >= 0.3 is 0 Å². The van der Waals surface area contributed by atoms with Gasteiger partial charge in [0.25, 0.3) is 0 Å². The number of likely N-dealkylation sites (tertiary alicyclic amines) is 1. The minimum absolute atomic E-state index is 0.138.